The van der Waals surface area contributed by atoms with Gasteiger partial charge in [-0.3, -0.25) is 0 Å². The molecule has 1 aromatic carbocycles. The molecule has 14 heavy (non-hydrogen) atoms. The van der Waals surface area contributed by atoms with Crippen molar-refractivity contribution in [3.63, 3.8) is 0 Å². The van der Waals surface area contributed by atoms with Crippen LogP contribution in [0, 0.1) is 17.5 Å². The molecule has 0 radical (unpaired) electrons. The Bertz CT molecular complexity index is 381. The summed E-state index contributed by atoms with van der Waals surface area (Å²) >= 11 is 0. The van der Waals surface area contributed by atoms with E-state index < -0.39 is 23.5 Å². The van der Waals surface area contributed by atoms with E-state index in [2.05, 4.69) is 0 Å². The topological polar surface area (TPSA) is 35.2 Å². The predicted octanol–water partition coefficient (Wildman–Crippen LogP) is 1.89. The predicted molar refractivity (Wildman–Crippen MR) is 43.4 cm³/mol. The van der Waals surface area contributed by atoms with Crippen LogP contribution < -0.4 is 10.5 Å². The van der Waals surface area contributed by atoms with Crippen LogP contribution in [0.15, 0.2) is 6.07 Å². The average molecular weight is 203 g/mol. The van der Waals surface area contributed by atoms with Crippen molar-refractivity contribution in [1.82, 2.24) is 0 Å². The van der Waals surface area contributed by atoms with Gasteiger partial charge in [-0.25, -0.2) is 13.2 Å². The van der Waals surface area contributed by atoms with Crippen LogP contribution in [0.1, 0.15) is 18.0 Å². The summed E-state index contributed by atoms with van der Waals surface area (Å²) in [4.78, 5) is 0. The molecular formula is C9H8F3NO. The summed E-state index contributed by atoms with van der Waals surface area (Å²) in [5.41, 5.74) is 5.48. The maximum Gasteiger partial charge on any atom is 0.195 e. The number of halogens is 3. The van der Waals surface area contributed by atoms with Gasteiger partial charge in [0.15, 0.2) is 17.5 Å². The van der Waals surface area contributed by atoms with Crippen LogP contribution in [-0.2, 0) is 0 Å². The minimum Gasteiger partial charge on any atom is -0.493 e. The average Bonchev–Trinajstić information content (AvgIpc) is 2.14. The summed E-state index contributed by atoms with van der Waals surface area (Å²) in [5.74, 6) is -3.99. The molecule has 1 atom stereocenters. The van der Waals surface area contributed by atoms with Crippen LogP contribution in [-0.4, -0.2) is 6.61 Å². The fraction of sp³-hybridized carbons (Fsp3) is 0.333. The molecule has 0 spiro atoms. The number of ether oxygens (including phenoxy) is 1. The quantitative estimate of drug-likeness (QED) is 0.653. The van der Waals surface area contributed by atoms with Crippen LogP contribution in [0.3, 0.4) is 0 Å². The lowest BCUT2D eigenvalue weighted by atomic mass is 10.0. The molecule has 5 heteroatoms. The SMILES string of the molecule is N[C@@H]1CCOc2cc(F)c(F)c(F)c21. The minimum atomic E-state index is -1.50. The van der Waals surface area contributed by atoms with Gasteiger partial charge in [-0.15, -0.1) is 0 Å². The Labute approximate surface area is 78.5 Å². The zero-order valence-corrected chi connectivity index (χ0v) is 7.19. The number of rotatable bonds is 0. The van der Waals surface area contributed by atoms with Gasteiger partial charge in [-0.2, -0.15) is 0 Å². The van der Waals surface area contributed by atoms with Crippen molar-refractivity contribution in [2.24, 2.45) is 5.73 Å². The van der Waals surface area contributed by atoms with E-state index in [4.69, 9.17) is 10.5 Å². The summed E-state index contributed by atoms with van der Waals surface area (Å²) < 4.78 is 43.8. The summed E-state index contributed by atoms with van der Waals surface area (Å²) in [5, 5.41) is 0. The van der Waals surface area contributed by atoms with Gasteiger partial charge in [-0.1, -0.05) is 0 Å². The third kappa shape index (κ3) is 1.24. The Kier molecular flexibility index (Phi) is 2.11. The fourth-order valence-corrected chi connectivity index (χ4v) is 1.49. The second kappa shape index (κ2) is 3.16. The van der Waals surface area contributed by atoms with Crippen molar-refractivity contribution in [1.29, 1.82) is 0 Å². The molecule has 2 N–H and O–H groups in total. The number of benzene rings is 1. The summed E-state index contributed by atoms with van der Waals surface area (Å²) in [6.45, 7) is 0.290. The van der Waals surface area contributed by atoms with Crippen molar-refractivity contribution in [3.8, 4) is 5.75 Å². The first-order valence-corrected chi connectivity index (χ1v) is 4.17. The molecule has 2 nitrogen and oxygen atoms in total. The monoisotopic (exact) mass is 203 g/mol. The van der Waals surface area contributed by atoms with E-state index in [1.54, 1.807) is 0 Å². The molecule has 0 saturated heterocycles. The van der Waals surface area contributed by atoms with Gasteiger partial charge in [0.1, 0.15) is 5.75 Å². The maximum absolute atomic E-state index is 13.2. The van der Waals surface area contributed by atoms with E-state index in [0.717, 1.165) is 6.07 Å². The first-order valence-electron chi connectivity index (χ1n) is 4.17. The smallest absolute Gasteiger partial charge is 0.195 e. The fourth-order valence-electron chi connectivity index (χ4n) is 1.49. The highest BCUT2D eigenvalue weighted by Crippen LogP contribution is 2.34. The highest BCUT2D eigenvalue weighted by molar-refractivity contribution is 5.39. The van der Waals surface area contributed by atoms with E-state index in [0.29, 0.717) is 13.0 Å². The van der Waals surface area contributed by atoms with Crippen LogP contribution in [0.4, 0.5) is 13.2 Å². The van der Waals surface area contributed by atoms with E-state index >= 15 is 0 Å². The Hall–Kier alpha value is -1.23. The molecule has 1 aliphatic heterocycles. The van der Waals surface area contributed by atoms with Crippen molar-refractivity contribution in [3.05, 3.63) is 29.1 Å². The molecule has 0 amide bonds. The molecule has 1 aliphatic rings. The Morgan fingerprint density at radius 3 is 2.71 bits per heavy atom. The molecule has 1 aromatic rings. The van der Waals surface area contributed by atoms with Gasteiger partial charge < -0.3 is 10.5 Å². The van der Waals surface area contributed by atoms with Gasteiger partial charge in [0.05, 0.1) is 6.61 Å². The molecule has 0 saturated carbocycles. The summed E-state index contributed by atoms with van der Waals surface area (Å²) in [6.07, 6.45) is 0.398. The molecule has 1 heterocycles. The molecule has 0 aromatic heterocycles. The summed E-state index contributed by atoms with van der Waals surface area (Å²) in [6, 6.07) is 0.195. The minimum absolute atomic E-state index is 0.000139. The molecule has 0 bridgehead atoms. The number of nitrogens with two attached hydrogens (primary N) is 1. The molecule has 0 fully saturated rings. The summed E-state index contributed by atoms with van der Waals surface area (Å²) in [7, 11) is 0. The normalized spacial score (nSPS) is 20.1. The third-order valence-electron chi connectivity index (χ3n) is 2.22. The highest BCUT2D eigenvalue weighted by Gasteiger charge is 2.26. The largest absolute Gasteiger partial charge is 0.493 e. The van der Waals surface area contributed by atoms with Crippen LogP contribution >= 0.6 is 0 Å². The maximum atomic E-state index is 13.2. The first kappa shape index (κ1) is 9.33. The Morgan fingerprint density at radius 2 is 2.00 bits per heavy atom. The van der Waals surface area contributed by atoms with Gasteiger partial charge in [0.25, 0.3) is 0 Å². The second-order valence-corrected chi connectivity index (χ2v) is 3.14. The number of hydrogen-bond donors (Lipinski definition) is 1. The number of hydrogen-bond acceptors (Lipinski definition) is 2. The third-order valence-corrected chi connectivity index (χ3v) is 2.22. The van der Waals surface area contributed by atoms with Gasteiger partial charge >= 0.3 is 0 Å². The van der Waals surface area contributed by atoms with E-state index in [-0.39, 0.29) is 11.3 Å². The lowest BCUT2D eigenvalue weighted by molar-refractivity contribution is 0.257. The van der Waals surface area contributed by atoms with Gasteiger partial charge in [0, 0.05) is 24.1 Å². The number of fused-ring (bicyclic) bond motifs is 1. The zero-order valence-electron chi connectivity index (χ0n) is 7.19. The van der Waals surface area contributed by atoms with Crippen molar-refractivity contribution in [2.45, 2.75) is 12.5 Å². The van der Waals surface area contributed by atoms with Crippen molar-refractivity contribution in [2.75, 3.05) is 6.61 Å². The van der Waals surface area contributed by atoms with E-state index in [9.17, 15) is 13.2 Å². The lowest BCUT2D eigenvalue weighted by Crippen LogP contribution is -2.23. The molecule has 2 rings (SSSR count). The molecular weight excluding hydrogens is 195 g/mol. The Morgan fingerprint density at radius 1 is 1.29 bits per heavy atom. The standard InChI is InChI=1S/C9H8F3NO/c10-4-3-6-7(9(12)8(4)11)5(13)1-2-14-6/h3,5H,1-2,13H2/t5-/m1/s1. The van der Waals surface area contributed by atoms with E-state index in [1.165, 1.54) is 0 Å². The van der Waals surface area contributed by atoms with Crippen LogP contribution in [0.2, 0.25) is 0 Å². The van der Waals surface area contributed by atoms with Crippen molar-refractivity contribution < 1.29 is 17.9 Å². The Balaban J connectivity index is 2.64. The molecule has 76 valence electrons. The highest BCUT2D eigenvalue weighted by atomic mass is 19.2. The van der Waals surface area contributed by atoms with Crippen molar-refractivity contribution >= 4 is 0 Å². The van der Waals surface area contributed by atoms with Crippen LogP contribution in [0.5, 0.6) is 5.75 Å². The van der Waals surface area contributed by atoms with Crippen LogP contribution in [0.25, 0.3) is 0 Å². The van der Waals surface area contributed by atoms with Gasteiger partial charge in [-0.05, 0) is 0 Å². The molecule has 0 unspecified atom stereocenters. The zero-order chi connectivity index (χ0) is 10.3. The first-order chi connectivity index (χ1) is 6.61. The molecule has 0 aliphatic carbocycles. The second-order valence-electron chi connectivity index (χ2n) is 3.14. The van der Waals surface area contributed by atoms with Gasteiger partial charge in [0.2, 0.25) is 0 Å². The lowest BCUT2D eigenvalue weighted by Gasteiger charge is -2.23. The van der Waals surface area contributed by atoms with E-state index in [1.807, 2.05) is 0 Å².